The molecule has 0 atom stereocenters. The van der Waals surface area contributed by atoms with E-state index in [9.17, 15) is 0 Å². The average molecular weight is 725 g/mol. The lowest BCUT2D eigenvalue weighted by molar-refractivity contribution is 0.332. The first-order valence-electron chi connectivity index (χ1n) is 19.9. The zero-order valence-corrected chi connectivity index (χ0v) is 32.8. The first-order valence-corrected chi connectivity index (χ1v) is 19.9. The summed E-state index contributed by atoms with van der Waals surface area (Å²) in [4.78, 5) is 4.83. The lowest BCUT2D eigenvalue weighted by Crippen LogP contribution is -2.35. The van der Waals surface area contributed by atoms with E-state index < -0.39 is 0 Å². The highest BCUT2D eigenvalue weighted by molar-refractivity contribution is 5.90. The van der Waals surface area contributed by atoms with Gasteiger partial charge in [-0.25, -0.2) is 0 Å². The van der Waals surface area contributed by atoms with Crippen molar-refractivity contribution in [2.75, 3.05) is 9.80 Å². The summed E-state index contributed by atoms with van der Waals surface area (Å²) in [7, 11) is 0. The maximum absolute atomic E-state index is 2.49. The number of hydrogen-bond acceptors (Lipinski definition) is 2. The zero-order valence-electron chi connectivity index (χ0n) is 32.8. The summed E-state index contributed by atoms with van der Waals surface area (Å²) in [5.41, 5.74) is 14.8. The van der Waals surface area contributed by atoms with E-state index in [2.05, 4.69) is 232 Å². The fraction of sp³-hybridized carbons (Fsp3) is 0.148. The van der Waals surface area contributed by atoms with Crippen molar-refractivity contribution in [3.05, 3.63) is 205 Å². The molecule has 0 aliphatic heterocycles. The van der Waals surface area contributed by atoms with Crippen molar-refractivity contribution in [1.82, 2.24) is 0 Å². The topological polar surface area (TPSA) is 6.48 Å². The van der Waals surface area contributed by atoms with Gasteiger partial charge in [0.25, 0.3) is 0 Å². The highest BCUT2D eigenvalue weighted by Crippen LogP contribution is 2.52. The van der Waals surface area contributed by atoms with Crippen LogP contribution in [0.25, 0.3) is 33.0 Å². The largest absolute Gasteiger partial charge is 0.310 e. The number of fused-ring (bicyclic) bond motifs is 2. The third kappa shape index (κ3) is 6.66. The monoisotopic (exact) mass is 724 g/mol. The molecule has 0 radical (unpaired) electrons. The average Bonchev–Trinajstić information content (AvgIpc) is 3.24. The van der Waals surface area contributed by atoms with Gasteiger partial charge in [-0.15, -0.1) is 0 Å². The smallest absolute Gasteiger partial charge is 0.0502 e. The van der Waals surface area contributed by atoms with Crippen molar-refractivity contribution in [3.63, 3.8) is 0 Å². The van der Waals surface area contributed by atoms with Crippen LogP contribution >= 0.6 is 0 Å². The van der Waals surface area contributed by atoms with Gasteiger partial charge in [-0.1, -0.05) is 155 Å². The normalized spacial score (nSPS) is 14.2. The van der Waals surface area contributed by atoms with Gasteiger partial charge in [-0.2, -0.15) is 0 Å². The molecule has 0 N–H and O–H groups in total. The predicted molar refractivity (Wildman–Crippen MR) is 239 cm³/mol. The second-order valence-corrected chi connectivity index (χ2v) is 16.5. The van der Waals surface area contributed by atoms with Crippen molar-refractivity contribution in [2.24, 2.45) is 0 Å². The Kier molecular flexibility index (Phi) is 9.06. The molecule has 0 unspecified atom stereocenters. The Balaban J connectivity index is 1.13. The van der Waals surface area contributed by atoms with Crippen LogP contribution in [0.4, 0.5) is 34.1 Å². The van der Waals surface area contributed by atoms with Gasteiger partial charge < -0.3 is 9.80 Å². The maximum Gasteiger partial charge on any atom is 0.0502 e. The van der Waals surface area contributed by atoms with Crippen LogP contribution in [0, 0.1) is 0 Å². The fourth-order valence-electron chi connectivity index (χ4n) is 8.71. The van der Waals surface area contributed by atoms with E-state index in [-0.39, 0.29) is 10.8 Å². The summed E-state index contributed by atoms with van der Waals surface area (Å²) in [6.07, 6.45) is 2.33. The minimum Gasteiger partial charge on any atom is -0.310 e. The van der Waals surface area contributed by atoms with Crippen molar-refractivity contribution in [1.29, 1.82) is 0 Å². The molecule has 0 bridgehead atoms. The van der Waals surface area contributed by atoms with Crippen molar-refractivity contribution in [2.45, 2.75) is 51.4 Å². The van der Waals surface area contributed by atoms with Crippen LogP contribution in [0.1, 0.15) is 51.7 Å². The van der Waals surface area contributed by atoms with E-state index in [0.717, 1.165) is 34.9 Å². The quantitative estimate of drug-likeness (QED) is 0.154. The minimum absolute atomic E-state index is 0.0345. The zero-order chi connectivity index (χ0) is 38.3. The molecule has 0 fully saturated rings. The number of anilines is 6. The van der Waals surface area contributed by atoms with Gasteiger partial charge in [0.2, 0.25) is 0 Å². The Morgan fingerprint density at radius 2 is 0.821 bits per heavy atom. The van der Waals surface area contributed by atoms with Gasteiger partial charge in [0.05, 0.1) is 5.69 Å². The Hall–Kier alpha value is -6.38. The molecule has 0 heterocycles. The molecule has 0 aromatic heterocycles. The molecule has 2 heteroatoms. The lowest BCUT2D eigenvalue weighted by atomic mass is 9.62. The third-order valence-electron chi connectivity index (χ3n) is 11.9. The molecule has 1 aliphatic carbocycles. The summed E-state index contributed by atoms with van der Waals surface area (Å²) in [5.74, 6) is 0. The lowest BCUT2D eigenvalue weighted by Gasteiger charge is -2.44. The molecule has 0 spiro atoms. The summed E-state index contributed by atoms with van der Waals surface area (Å²) in [5, 5.41) is 2.47. The van der Waals surface area contributed by atoms with Gasteiger partial charge in [0.1, 0.15) is 0 Å². The maximum atomic E-state index is 2.49. The Morgan fingerprint density at radius 3 is 1.54 bits per heavy atom. The van der Waals surface area contributed by atoms with Crippen LogP contribution in [-0.2, 0) is 10.8 Å². The molecular weight excluding hydrogens is 677 g/mol. The van der Waals surface area contributed by atoms with E-state index in [1.54, 1.807) is 0 Å². The molecule has 2 nitrogen and oxygen atoms in total. The van der Waals surface area contributed by atoms with E-state index in [0.29, 0.717) is 0 Å². The highest BCUT2D eigenvalue weighted by atomic mass is 15.1. The number of para-hydroxylation sites is 1. The molecule has 0 amide bonds. The predicted octanol–water partition coefficient (Wildman–Crippen LogP) is 15.5. The van der Waals surface area contributed by atoms with Crippen molar-refractivity contribution >= 4 is 44.9 Å². The SMILES string of the molecule is CC1(C)CCC(C)(C)c2c(N(c3ccc(-c4ccccc4)cc3)c3cccc(-c4ccc(N(c5ccccc5)c5ccc6ccccc6c5)cc4)c3)cccc21. The van der Waals surface area contributed by atoms with Gasteiger partial charge >= 0.3 is 0 Å². The first-order chi connectivity index (χ1) is 27.2. The molecule has 274 valence electrons. The van der Waals surface area contributed by atoms with Crippen LogP contribution in [0.2, 0.25) is 0 Å². The Labute approximate surface area is 332 Å². The first kappa shape index (κ1) is 35.3. The fourth-order valence-corrected chi connectivity index (χ4v) is 8.71. The third-order valence-corrected chi connectivity index (χ3v) is 11.9. The molecule has 8 aromatic rings. The minimum atomic E-state index is 0.0345. The van der Waals surface area contributed by atoms with E-state index in [1.165, 1.54) is 56.3 Å². The number of rotatable bonds is 8. The number of hydrogen-bond donors (Lipinski definition) is 0. The standard InChI is InChI=1S/C54H48N2/c1-53(2)35-36-54(3,4)52-50(53)23-14-24-51(52)56(47-32-25-41(26-33-47)39-15-7-5-8-16-39)48-22-13-19-44(37-48)42-27-30-46(31-28-42)55(45-20-9-6-10-21-45)49-34-29-40-17-11-12-18-43(40)38-49/h5-34,37-38H,35-36H2,1-4H3. The Morgan fingerprint density at radius 1 is 0.339 bits per heavy atom. The van der Waals surface area contributed by atoms with Crippen LogP contribution < -0.4 is 9.80 Å². The van der Waals surface area contributed by atoms with Crippen LogP contribution in [0.15, 0.2) is 194 Å². The van der Waals surface area contributed by atoms with Crippen molar-refractivity contribution in [3.8, 4) is 22.3 Å². The van der Waals surface area contributed by atoms with Gasteiger partial charge in [0, 0.05) is 28.4 Å². The molecule has 56 heavy (non-hydrogen) atoms. The highest BCUT2D eigenvalue weighted by Gasteiger charge is 2.39. The molecular formula is C54H48N2. The Bertz CT molecular complexity index is 2620. The van der Waals surface area contributed by atoms with E-state index >= 15 is 0 Å². The molecule has 9 rings (SSSR count). The molecule has 0 saturated heterocycles. The van der Waals surface area contributed by atoms with Crippen LogP contribution in [-0.4, -0.2) is 0 Å². The molecule has 8 aromatic carbocycles. The molecule has 1 aliphatic rings. The van der Waals surface area contributed by atoms with Gasteiger partial charge in [-0.05, 0) is 135 Å². The summed E-state index contributed by atoms with van der Waals surface area (Å²) in [6.45, 7) is 9.67. The van der Waals surface area contributed by atoms with Crippen molar-refractivity contribution < 1.29 is 0 Å². The second-order valence-electron chi connectivity index (χ2n) is 16.5. The summed E-state index contributed by atoms with van der Waals surface area (Å²) < 4.78 is 0. The van der Waals surface area contributed by atoms with Gasteiger partial charge in [-0.3, -0.25) is 0 Å². The van der Waals surface area contributed by atoms with E-state index in [4.69, 9.17) is 0 Å². The molecule has 0 saturated carbocycles. The van der Waals surface area contributed by atoms with Crippen LogP contribution in [0.3, 0.4) is 0 Å². The summed E-state index contributed by atoms with van der Waals surface area (Å²) in [6, 6.07) is 70.7. The van der Waals surface area contributed by atoms with Gasteiger partial charge in [0.15, 0.2) is 0 Å². The number of nitrogens with zero attached hydrogens (tertiary/aromatic N) is 2. The second kappa shape index (κ2) is 14.4. The van der Waals surface area contributed by atoms with E-state index in [1.807, 2.05) is 0 Å². The number of benzene rings is 8. The summed E-state index contributed by atoms with van der Waals surface area (Å²) >= 11 is 0. The van der Waals surface area contributed by atoms with Crippen LogP contribution in [0.5, 0.6) is 0 Å².